The van der Waals surface area contributed by atoms with Crippen molar-refractivity contribution in [1.82, 2.24) is 9.88 Å². The van der Waals surface area contributed by atoms with Gasteiger partial charge >= 0.3 is 0 Å². The molecule has 1 aromatic heterocycles. The molecule has 0 aliphatic rings. The van der Waals surface area contributed by atoms with Gasteiger partial charge in [-0.1, -0.05) is 42.4 Å². The second-order valence-corrected chi connectivity index (χ2v) is 8.53. The van der Waals surface area contributed by atoms with Crippen LogP contribution >= 0.6 is 0 Å². The topological polar surface area (TPSA) is 101 Å². The van der Waals surface area contributed by atoms with E-state index in [4.69, 9.17) is 4.52 Å². The first-order valence-corrected chi connectivity index (χ1v) is 11.0. The van der Waals surface area contributed by atoms with Crippen LogP contribution in [0.3, 0.4) is 0 Å². The largest absolute Gasteiger partial charge is 0.354 e. The van der Waals surface area contributed by atoms with Crippen LogP contribution in [0.15, 0.2) is 57.9 Å². The second-order valence-electron chi connectivity index (χ2n) is 6.76. The number of amides is 1. The highest BCUT2D eigenvalue weighted by Gasteiger charge is 2.14. The maximum absolute atomic E-state index is 13.0. The molecule has 7 nitrogen and oxygen atoms in total. The van der Waals surface area contributed by atoms with Crippen molar-refractivity contribution in [2.45, 2.75) is 31.7 Å². The summed E-state index contributed by atoms with van der Waals surface area (Å²) in [4.78, 5) is 11.8. The van der Waals surface area contributed by atoms with E-state index in [1.807, 2.05) is 0 Å². The fourth-order valence-electron chi connectivity index (χ4n) is 2.67. The van der Waals surface area contributed by atoms with E-state index in [0.29, 0.717) is 29.1 Å². The Morgan fingerprint density at radius 2 is 1.77 bits per heavy atom. The number of nitrogens with one attached hydrogen (secondary N) is 2. The number of carbonyl (C=O) groups excluding carboxylic acids is 1. The number of rotatable bonds is 8. The fraction of sp³-hybridized carbons (Fsp3) is 0.182. The van der Waals surface area contributed by atoms with E-state index in [0.717, 1.165) is 5.56 Å². The van der Waals surface area contributed by atoms with Crippen molar-refractivity contribution in [1.29, 1.82) is 0 Å². The molecular weight excluding hydrogens is 421 g/mol. The maximum atomic E-state index is 13.0. The number of aryl methyl sites for hydroxylation is 1. The Kier molecular flexibility index (Phi) is 6.98. The second kappa shape index (κ2) is 9.67. The van der Waals surface area contributed by atoms with Crippen molar-refractivity contribution in [3.05, 3.63) is 76.9 Å². The zero-order valence-electron chi connectivity index (χ0n) is 17.1. The lowest BCUT2D eigenvalue weighted by Crippen LogP contribution is -2.23. The van der Waals surface area contributed by atoms with Gasteiger partial charge in [0.1, 0.15) is 17.2 Å². The number of hydrogen-bond acceptors (Lipinski definition) is 5. The standard InChI is InChI=1S/C22H22FN3O4S/c1-3-21(27)25-22-15(2)26-30-20(22)13-8-16-6-11-19(12-7-16)31(28,29)24-14-17-4-9-18(23)10-5-17/h4-13,24H,3,14H2,1-2H3,(H,25,27)/b13-8-. The third-order valence-corrected chi connectivity index (χ3v) is 5.89. The first-order chi connectivity index (χ1) is 14.8. The Hall–Kier alpha value is -3.30. The molecule has 162 valence electrons. The van der Waals surface area contributed by atoms with Crippen LogP contribution in [0.25, 0.3) is 12.2 Å². The Balaban J connectivity index is 1.68. The number of aromatic nitrogens is 1. The maximum Gasteiger partial charge on any atom is 0.240 e. The molecule has 0 atom stereocenters. The highest BCUT2D eigenvalue weighted by molar-refractivity contribution is 7.89. The highest BCUT2D eigenvalue weighted by atomic mass is 32.2. The Bertz CT molecular complexity index is 1180. The summed E-state index contributed by atoms with van der Waals surface area (Å²) in [5, 5.41) is 6.61. The monoisotopic (exact) mass is 443 g/mol. The average molecular weight is 444 g/mol. The molecule has 0 unspecified atom stereocenters. The quantitative estimate of drug-likeness (QED) is 0.545. The zero-order valence-corrected chi connectivity index (χ0v) is 17.9. The van der Waals surface area contributed by atoms with Gasteiger partial charge in [0, 0.05) is 13.0 Å². The van der Waals surface area contributed by atoms with Crippen molar-refractivity contribution in [3.8, 4) is 0 Å². The van der Waals surface area contributed by atoms with Crippen LogP contribution < -0.4 is 10.0 Å². The molecule has 1 heterocycles. The third-order valence-electron chi connectivity index (χ3n) is 4.47. The molecule has 0 radical (unpaired) electrons. The van der Waals surface area contributed by atoms with Gasteiger partial charge in [-0.05, 0) is 48.4 Å². The molecule has 0 spiro atoms. The van der Waals surface area contributed by atoms with Crippen LogP contribution in [0.2, 0.25) is 0 Å². The van der Waals surface area contributed by atoms with Crippen LogP contribution in [0.1, 0.15) is 35.9 Å². The zero-order chi connectivity index (χ0) is 22.4. The number of hydrogen-bond donors (Lipinski definition) is 2. The molecule has 9 heteroatoms. The summed E-state index contributed by atoms with van der Waals surface area (Å²) in [5.74, 6) is -0.129. The lowest BCUT2D eigenvalue weighted by atomic mass is 10.2. The van der Waals surface area contributed by atoms with Crippen molar-refractivity contribution >= 4 is 33.8 Å². The molecule has 0 fully saturated rings. The minimum Gasteiger partial charge on any atom is -0.354 e. The van der Waals surface area contributed by atoms with Gasteiger partial charge in [-0.15, -0.1) is 0 Å². The normalized spacial score (nSPS) is 11.7. The van der Waals surface area contributed by atoms with Crippen LogP contribution in [-0.4, -0.2) is 19.5 Å². The number of carbonyl (C=O) groups is 1. The van der Waals surface area contributed by atoms with E-state index in [-0.39, 0.29) is 23.2 Å². The van der Waals surface area contributed by atoms with Crippen LogP contribution in [0.4, 0.5) is 10.1 Å². The van der Waals surface area contributed by atoms with Gasteiger partial charge in [0.15, 0.2) is 5.76 Å². The molecule has 3 aromatic rings. The van der Waals surface area contributed by atoms with Gasteiger partial charge < -0.3 is 9.84 Å². The summed E-state index contributed by atoms with van der Waals surface area (Å²) in [7, 11) is -3.72. The molecule has 0 bridgehead atoms. The highest BCUT2D eigenvalue weighted by Crippen LogP contribution is 2.23. The smallest absolute Gasteiger partial charge is 0.240 e. The first kappa shape index (κ1) is 22.4. The lowest BCUT2D eigenvalue weighted by molar-refractivity contribution is -0.115. The minimum atomic E-state index is -3.72. The summed E-state index contributed by atoms with van der Waals surface area (Å²) in [6.07, 6.45) is 3.71. The van der Waals surface area contributed by atoms with Crippen molar-refractivity contribution in [2.75, 3.05) is 5.32 Å². The van der Waals surface area contributed by atoms with E-state index >= 15 is 0 Å². The molecule has 1 amide bonds. The van der Waals surface area contributed by atoms with Gasteiger partial charge in [-0.3, -0.25) is 4.79 Å². The van der Waals surface area contributed by atoms with Gasteiger partial charge in [0.2, 0.25) is 15.9 Å². The predicted octanol–water partition coefficient (Wildman–Crippen LogP) is 4.12. The molecule has 0 aliphatic carbocycles. The van der Waals surface area contributed by atoms with Crippen molar-refractivity contribution in [3.63, 3.8) is 0 Å². The summed E-state index contributed by atoms with van der Waals surface area (Å²) in [6.45, 7) is 3.53. The molecule has 2 N–H and O–H groups in total. The Morgan fingerprint density at radius 1 is 1.10 bits per heavy atom. The summed E-state index contributed by atoms with van der Waals surface area (Å²) >= 11 is 0. The van der Waals surface area contributed by atoms with E-state index in [1.54, 1.807) is 38.1 Å². The van der Waals surface area contributed by atoms with E-state index in [1.165, 1.54) is 36.4 Å². The fourth-order valence-corrected chi connectivity index (χ4v) is 3.69. The van der Waals surface area contributed by atoms with Gasteiger partial charge in [-0.2, -0.15) is 0 Å². The number of benzene rings is 2. The molecule has 0 aliphatic heterocycles. The van der Waals surface area contributed by atoms with E-state index in [9.17, 15) is 17.6 Å². The Labute approximate surface area is 180 Å². The number of halogens is 1. The van der Waals surface area contributed by atoms with Crippen molar-refractivity contribution in [2.24, 2.45) is 0 Å². The third kappa shape index (κ3) is 5.87. The lowest BCUT2D eigenvalue weighted by Gasteiger charge is -2.07. The summed E-state index contributed by atoms with van der Waals surface area (Å²) in [5.41, 5.74) is 2.46. The van der Waals surface area contributed by atoms with Gasteiger partial charge in [0.05, 0.1) is 4.90 Å². The summed E-state index contributed by atoms with van der Waals surface area (Å²) < 4.78 is 45.6. The minimum absolute atomic E-state index is 0.0569. The van der Waals surface area contributed by atoms with Gasteiger partial charge in [-0.25, -0.2) is 17.5 Å². The first-order valence-electron chi connectivity index (χ1n) is 9.57. The molecule has 2 aromatic carbocycles. The summed E-state index contributed by atoms with van der Waals surface area (Å²) in [6, 6.07) is 11.9. The number of anilines is 1. The molecular formula is C22H22FN3O4S. The molecule has 0 saturated heterocycles. The Morgan fingerprint density at radius 3 is 2.42 bits per heavy atom. The molecule has 0 saturated carbocycles. The predicted molar refractivity (Wildman–Crippen MR) is 116 cm³/mol. The van der Waals surface area contributed by atoms with E-state index in [2.05, 4.69) is 15.2 Å². The van der Waals surface area contributed by atoms with Crippen LogP contribution in [0, 0.1) is 12.7 Å². The molecule has 31 heavy (non-hydrogen) atoms. The molecule has 3 rings (SSSR count). The van der Waals surface area contributed by atoms with Crippen LogP contribution in [0.5, 0.6) is 0 Å². The average Bonchev–Trinajstić information content (AvgIpc) is 3.11. The number of nitrogens with zero attached hydrogens (tertiary/aromatic N) is 1. The SMILES string of the molecule is CCC(=O)Nc1c(C)noc1/C=C\c1ccc(S(=O)(=O)NCc2ccc(F)cc2)cc1. The number of sulfonamides is 1. The van der Waals surface area contributed by atoms with Crippen molar-refractivity contribution < 1.29 is 22.1 Å². The van der Waals surface area contributed by atoms with E-state index < -0.39 is 10.0 Å². The van der Waals surface area contributed by atoms with Gasteiger partial charge in [0.25, 0.3) is 0 Å². The van der Waals surface area contributed by atoms with Crippen LogP contribution in [-0.2, 0) is 21.4 Å².